The highest BCUT2D eigenvalue weighted by atomic mass is 32.2. The normalized spacial score (nSPS) is 17.1. The van der Waals surface area contributed by atoms with Gasteiger partial charge in [0.2, 0.25) is 15.9 Å². The van der Waals surface area contributed by atoms with E-state index in [2.05, 4.69) is 4.72 Å². The summed E-state index contributed by atoms with van der Waals surface area (Å²) in [6.07, 6.45) is 5.30. The molecule has 1 saturated heterocycles. The van der Waals surface area contributed by atoms with E-state index in [1.165, 1.54) is 18.2 Å². The van der Waals surface area contributed by atoms with Crippen molar-refractivity contribution in [3.05, 3.63) is 41.7 Å². The van der Waals surface area contributed by atoms with Crippen LogP contribution in [-0.4, -0.2) is 44.6 Å². The summed E-state index contributed by atoms with van der Waals surface area (Å²) in [7, 11) is -3.21. The SMILES string of the molecule is CS(=O)(=O)NC1CCN(C(=O)C=Cc2cccc(F)c2)CC1. The van der Waals surface area contributed by atoms with Gasteiger partial charge in [-0.15, -0.1) is 0 Å². The zero-order chi connectivity index (χ0) is 16.2. The predicted molar refractivity (Wildman–Crippen MR) is 83.0 cm³/mol. The van der Waals surface area contributed by atoms with Gasteiger partial charge in [0.15, 0.2) is 0 Å². The highest BCUT2D eigenvalue weighted by Crippen LogP contribution is 2.12. The summed E-state index contributed by atoms with van der Waals surface area (Å²) in [5.74, 6) is -0.496. The Kier molecular flexibility index (Phi) is 5.31. The molecule has 5 nitrogen and oxygen atoms in total. The number of likely N-dealkylation sites (tertiary alicyclic amines) is 1. The topological polar surface area (TPSA) is 66.5 Å². The van der Waals surface area contributed by atoms with E-state index in [0.717, 1.165) is 6.26 Å². The summed E-state index contributed by atoms with van der Waals surface area (Å²) in [6.45, 7) is 0.999. The number of carbonyl (C=O) groups excluding carboxylic acids is 1. The molecule has 0 saturated carbocycles. The molecule has 22 heavy (non-hydrogen) atoms. The molecular weight excluding hydrogens is 307 g/mol. The van der Waals surface area contributed by atoms with E-state index in [9.17, 15) is 17.6 Å². The van der Waals surface area contributed by atoms with E-state index in [0.29, 0.717) is 31.5 Å². The molecule has 0 atom stereocenters. The maximum absolute atomic E-state index is 13.0. The average Bonchev–Trinajstić information content (AvgIpc) is 2.44. The van der Waals surface area contributed by atoms with Crippen molar-refractivity contribution in [3.63, 3.8) is 0 Å². The summed E-state index contributed by atoms with van der Waals surface area (Å²) >= 11 is 0. The highest BCUT2D eigenvalue weighted by Gasteiger charge is 2.23. The smallest absolute Gasteiger partial charge is 0.246 e. The fourth-order valence-corrected chi connectivity index (χ4v) is 3.24. The van der Waals surface area contributed by atoms with Crippen LogP contribution in [0.25, 0.3) is 6.08 Å². The fraction of sp³-hybridized carbons (Fsp3) is 0.400. The Bertz CT molecular complexity index is 665. The molecule has 0 bridgehead atoms. The second-order valence-corrected chi connectivity index (χ2v) is 7.16. The number of benzene rings is 1. The molecular formula is C15H19FN2O3S. The number of nitrogens with one attached hydrogen (secondary N) is 1. The standard InChI is InChI=1S/C15H19FN2O3S/c1-22(20,21)17-14-7-9-18(10-8-14)15(19)6-5-12-3-2-4-13(16)11-12/h2-6,11,14,17H,7-10H2,1H3. The Balaban J connectivity index is 1.87. The second kappa shape index (κ2) is 7.02. The molecule has 120 valence electrons. The van der Waals surface area contributed by atoms with Gasteiger partial charge in [0, 0.05) is 25.2 Å². The van der Waals surface area contributed by atoms with Gasteiger partial charge in [0.25, 0.3) is 0 Å². The second-order valence-electron chi connectivity index (χ2n) is 5.38. The van der Waals surface area contributed by atoms with Gasteiger partial charge in [-0.3, -0.25) is 4.79 Å². The maximum Gasteiger partial charge on any atom is 0.246 e. The monoisotopic (exact) mass is 326 g/mol. The van der Waals surface area contributed by atoms with Gasteiger partial charge in [0.05, 0.1) is 6.26 Å². The molecule has 7 heteroatoms. The molecule has 1 aromatic carbocycles. The Morgan fingerprint density at radius 3 is 2.64 bits per heavy atom. The van der Waals surface area contributed by atoms with Crippen LogP contribution in [0, 0.1) is 5.82 Å². The molecule has 0 aliphatic carbocycles. The average molecular weight is 326 g/mol. The Labute approximate surface area is 129 Å². The molecule has 1 N–H and O–H groups in total. The van der Waals surface area contributed by atoms with Gasteiger partial charge in [0.1, 0.15) is 5.82 Å². The predicted octanol–water partition coefficient (Wildman–Crippen LogP) is 1.38. The van der Waals surface area contributed by atoms with Gasteiger partial charge in [-0.1, -0.05) is 12.1 Å². The molecule has 0 spiro atoms. The lowest BCUT2D eigenvalue weighted by Crippen LogP contribution is -2.45. The van der Waals surface area contributed by atoms with Crippen LogP contribution in [-0.2, 0) is 14.8 Å². The number of hydrogen-bond donors (Lipinski definition) is 1. The molecule has 0 aromatic heterocycles. The molecule has 0 unspecified atom stereocenters. The molecule has 1 aliphatic heterocycles. The van der Waals surface area contributed by atoms with Crippen LogP contribution in [0.5, 0.6) is 0 Å². The quantitative estimate of drug-likeness (QED) is 0.850. The van der Waals surface area contributed by atoms with Crippen LogP contribution in [0.4, 0.5) is 4.39 Å². The lowest BCUT2D eigenvalue weighted by molar-refractivity contribution is -0.126. The lowest BCUT2D eigenvalue weighted by atomic mass is 10.1. The van der Waals surface area contributed by atoms with E-state index in [1.54, 1.807) is 23.1 Å². The van der Waals surface area contributed by atoms with E-state index >= 15 is 0 Å². The number of carbonyl (C=O) groups is 1. The van der Waals surface area contributed by atoms with Crippen LogP contribution in [0.15, 0.2) is 30.3 Å². The van der Waals surface area contributed by atoms with Crippen molar-refractivity contribution in [2.45, 2.75) is 18.9 Å². The zero-order valence-electron chi connectivity index (χ0n) is 12.3. The number of nitrogens with zero attached hydrogens (tertiary/aromatic N) is 1. The van der Waals surface area contributed by atoms with Crippen molar-refractivity contribution in [2.75, 3.05) is 19.3 Å². The number of halogens is 1. The molecule has 1 aliphatic rings. The Morgan fingerprint density at radius 1 is 1.36 bits per heavy atom. The number of hydrogen-bond acceptors (Lipinski definition) is 3. The van der Waals surface area contributed by atoms with Gasteiger partial charge >= 0.3 is 0 Å². The first-order valence-corrected chi connectivity index (χ1v) is 8.92. The maximum atomic E-state index is 13.0. The van der Waals surface area contributed by atoms with Crippen molar-refractivity contribution in [1.82, 2.24) is 9.62 Å². The number of sulfonamides is 1. The summed E-state index contributed by atoms with van der Waals surface area (Å²) < 4.78 is 37.9. The zero-order valence-corrected chi connectivity index (χ0v) is 13.1. The van der Waals surface area contributed by atoms with E-state index in [4.69, 9.17) is 0 Å². The summed E-state index contributed by atoms with van der Waals surface area (Å²) in [4.78, 5) is 13.7. The van der Waals surface area contributed by atoms with Crippen molar-refractivity contribution in [2.24, 2.45) is 0 Å². The van der Waals surface area contributed by atoms with Crippen LogP contribution in [0.2, 0.25) is 0 Å². The lowest BCUT2D eigenvalue weighted by Gasteiger charge is -2.31. The van der Waals surface area contributed by atoms with Crippen LogP contribution < -0.4 is 4.72 Å². The third-order valence-electron chi connectivity index (χ3n) is 3.45. The van der Waals surface area contributed by atoms with Gasteiger partial charge in [-0.25, -0.2) is 17.5 Å². The molecule has 2 rings (SSSR count). The van der Waals surface area contributed by atoms with Crippen LogP contribution in [0.3, 0.4) is 0 Å². The van der Waals surface area contributed by atoms with Gasteiger partial charge < -0.3 is 4.90 Å². The van der Waals surface area contributed by atoms with Crippen molar-refractivity contribution in [1.29, 1.82) is 0 Å². The van der Waals surface area contributed by atoms with Crippen molar-refractivity contribution in [3.8, 4) is 0 Å². The number of amides is 1. The fourth-order valence-electron chi connectivity index (χ4n) is 2.40. The molecule has 1 fully saturated rings. The van der Waals surface area contributed by atoms with Gasteiger partial charge in [-0.05, 0) is 36.6 Å². The number of rotatable bonds is 4. The number of piperidine rings is 1. The minimum absolute atomic E-state index is 0.119. The minimum Gasteiger partial charge on any atom is -0.339 e. The van der Waals surface area contributed by atoms with Crippen molar-refractivity contribution < 1.29 is 17.6 Å². The largest absolute Gasteiger partial charge is 0.339 e. The van der Waals surface area contributed by atoms with E-state index in [-0.39, 0.29) is 17.8 Å². The third-order valence-corrected chi connectivity index (χ3v) is 4.22. The minimum atomic E-state index is -3.21. The van der Waals surface area contributed by atoms with Gasteiger partial charge in [-0.2, -0.15) is 0 Å². The van der Waals surface area contributed by atoms with Crippen LogP contribution >= 0.6 is 0 Å². The van der Waals surface area contributed by atoms with E-state index in [1.807, 2.05) is 0 Å². The first-order chi connectivity index (χ1) is 10.3. The summed E-state index contributed by atoms with van der Waals surface area (Å²) in [6, 6.07) is 5.88. The molecule has 1 heterocycles. The Hall–Kier alpha value is -1.73. The molecule has 0 radical (unpaired) electrons. The highest BCUT2D eigenvalue weighted by molar-refractivity contribution is 7.88. The summed E-state index contributed by atoms with van der Waals surface area (Å²) in [5, 5.41) is 0. The third kappa shape index (κ3) is 5.23. The Morgan fingerprint density at radius 2 is 2.05 bits per heavy atom. The first kappa shape index (κ1) is 16.6. The van der Waals surface area contributed by atoms with Crippen molar-refractivity contribution >= 4 is 22.0 Å². The molecule has 1 amide bonds. The molecule has 1 aromatic rings. The summed E-state index contributed by atoms with van der Waals surface area (Å²) in [5.41, 5.74) is 0.627. The first-order valence-electron chi connectivity index (χ1n) is 7.03. The van der Waals surface area contributed by atoms with E-state index < -0.39 is 10.0 Å². The van der Waals surface area contributed by atoms with Crippen LogP contribution in [0.1, 0.15) is 18.4 Å².